The Balaban J connectivity index is 1.68. The summed E-state index contributed by atoms with van der Waals surface area (Å²) in [7, 11) is 0. The van der Waals surface area contributed by atoms with Gasteiger partial charge >= 0.3 is 0 Å². The molecule has 3 rings (SSSR count). The fraction of sp³-hybridized carbons (Fsp3) is 0.188. The van der Waals surface area contributed by atoms with Crippen molar-refractivity contribution < 1.29 is 4.79 Å². The first kappa shape index (κ1) is 13.3. The summed E-state index contributed by atoms with van der Waals surface area (Å²) in [6, 6.07) is 11.6. The van der Waals surface area contributed by atoms with Crippen molar-refractivity contribution in [3.05, 3.63) is 59.5 Å². The van der Waals surface area contributed by atoms with Crippen LogP contribution in [0.5, 0.6) is 0 Å². The van der Waals surface area contributed by atoms with Crippen LogP contribution < -0.4 is 5.32 Å². The molecule has 2 N–H and O–H groups in total. The smallest absolute Gasteiger partial charge is 0.272 e. The molecule has 0 fully saturated rings. The van der Waals surface area contributed by atoms with Gasteiger partial charge in [0.15, 0.2) is 5.69 Å². The maximum absolute atomic E-state index is 12.2. The predicted octanol–water partition coefficient (Wildman–Crippen LogP) is 2.24. The molecule has 0 unspecified atom stereocenters. The molecule has 0 aliphatic heterocycles. The summed E-state index contributed by atoms with van der Waals surface area (Å²) in [6.07, 6.45) is 2.45. The standard InChI is InChI=1S/C16H16N4O/c1-11-5-6-14-13(10-11)15(20-19-14)16(21)18-9-7-12-4-2-3-8-17-12/h2-6,8,10H,7,9H2,1H3,(H,18,21)(H,19,20). The first-order valence-corrected chi connectivity index (χ1v) is 6.87. The van der Waals surface area contributed by atoms with E-state index in [4.69, 9.17) is 0 Å². The molecule has 0 aliphatic carbocycles. The molecule has 0 bridgehead atoms. The molecule has 0 aliphatic rings. The van der Waals surface area contributed by atoms with Crippen LogP contribution >= 0.6 is 0 Å². The zero-order chi connectivity index (χ0) is 14.7. The van der Waals surface area contributed by atoms with Crippen LogP contribution in [0, 0.1) is 6.92 Å². The third-order valence-corrected chi connectivity index (χ3v) is 3.33. The number of fused-ring (bicyclic) bond motifs is 1. The van der Waals surface area contributed by atoms with Crippen LogP contribution in [0.25, 0.3) is 10.9 Å². The fourth-order valence-electron chi connectivity index (χ4n) is 2.23. The molecular formula is C16H16N4O. The Morgan fingerprint density at radius 3 is 3.00 bits per heavy atom. The number of rotatable bonds is 4. The zero-order valence-electron chi connectivity index (χ0n) is 11.8. The third-order valence-electron chi connectivity index (χ3n) is 3.33. The number of aromatic amines is 1. The van der Waals surface area contributed by atoms with Gasteiger partial charge in [0, 0.05) is 30.2 Å². The molecule has 0 atom stereocenters. The van der Waals surface area contributed by atoms with Gasteiger partial charge in [-0.05, 0) is 31.2 Å². The van der Waals surface area contributed by atoms with Gasteiger partial charge in [0.05, 0.1) is 5.52 Å². The van der Waals surface area contributed by atoms with Crippen LogP contribution in [-0.4, -0.2) is 27.6 Å². The molecule has 5 heteroatoms. The van der Waals surface area contributed by atoms with Gasteiger partial charge in [-0.3, -0.25) is 14.9 Å². The Morgan fingerprint density at radius 2 is 2.19 bits per heavy atom. The average Bonchev–Trinajstić information content (AvgIpc) is 2.91. The van der Waals surface area contributed by atoms with Crippen molar-refractivity contribution in [2.75, 3.05) is 6.54 Å². The topological polar surface area (TPSA) is 70.7 Å². The lowest BCUT2D eigenvalue weighted by Crippen LogP contribution is -2.26. The monoisotopic (exact) mass is 280 g/mol. The van der Waals surface area contributed by atoms with Gasteiger partial charge in [-0.1, -0.05) is 17.7 Å². The van der Waals surface area contributed by atoms with Crippen molar-refractivity contribution in [2.24, 2.45) is 0 Å². The minimum Gasteiger partial charge on any atom is -0.350 e. The summed E-state index contributed by atoms with van der Waals surface area (Å²) in [5.41, 5.74) is 3.37. The molecule has 0 saturated carbocycles. The molecule has 3 aromatic rings. The minimum absolute atomic E-state index is 0.164. The highest BCUT2D eigenvalue weighted by Crippen LogP contribution is 2.17. The molecule has 1 aromatic carbocycles. The Morgan fingerprint density at radius 1 is 1.29 bits per heavy atom. The molecule has 0 spiro atoms. The lowest BCUT2D eigenvalue weighted by atomic mass is 10.1. The molecule has 106 valence electrons. The SMILES string of the molecule is Cc1ccc2[nH]nc(C(=O)NCCc3ccccn3)c2c1. The number of aromatic nitrogens is 3. The Kier molecular flexibility index (Phi) is 3.64. The number of nitrogens with one attached hydrogen (secondary N) is 2. The van der Waals surface area contributed by atoms with Crippen LogP contribution in [0.2, 0.25) is 0 Å². The second kappa shape index (κ2) is 5.75. The van der Waals surface area contributed by atoms with E-state index in [2.05, 4.69) is 20.5 Å². The Hall–Kier alpha value is -2.69. The molecule has 5 nitrogen and oxygen atoms in total. The largest absolute Gasteiger partial charge is 0.350 e. The van der Waals surface area contributed by atoms with Crippen molar-refractivity contribution in [3.63, 3.8) is 0 Å². The molecule has 0 radical (unpaired) electrons. The number of nitrogens with zero attached hydrogens (tertiary/aromatic N) is 2. The van der Waals surface area contributed by atoms with E-state index >= 15 is 0 Å². The van der Waals surface area contributed by atoms with E-state index in [-0.39, 0.29) is 5.91 Å². The summed E-state index contributed by atoms with van der Waals surface area (Å²) in [5, 5.41) is 10.7. The number of aryl methyl sites for hydroxylation is 1. The number of hydrogen-bond donors (Lipinski definition) is 2. The first-order chi connectivity index (χ1) is 10.2. The quantitative estimate of drug-likeness (QED) is 0.770. The number of amides is 1. The minimum atomic E-state index is -0.164. The molecule has 1 amide bonds. The number of carbonyl (C=O) groups is 1. The summed E-state index contributed by atoms with van der Waals surface area (Å²) in [4.78, 5) is 16.4. The van der Waals surface area contributed by atoms with E-state index in [0.717, 1.165) is 22.2 Å². The second-order valence-electron chi connectivity index (χ2n) is 4.95. The Labute approximate surface area is 122 Å². The maximum Gasteiger partial charge on any atom is 0.272 e. The highest BCUT2D eigenvalue weighted by Gasteiger charge is 2.13. The van der Waals surface area contributed by atoms with Gasteiger partial charge in [0.25, 0.3) is 5.91 Å². The molecule has 2 heterocycles. The van der Waals surface area contributed by atoms with Crippen LogP contribution in [0.4, 0.5) is 0 Å². The summed E-state index contributed by atoms with van der Waals surface area (Å²) in [5.74, 6) is -0.164. The predicted molar refractivity (Wildman–Crippen MR) is 81.1 cm³/mol. The highest BCUT2D eigenvalue weighted by molar-refractivity contribution is 6.04. The normalized spacial score (nSPS) is 10.7. The van der Waals surface area contributed by atoms with E-state index < -0.39 is 0 Å². The van der Waals surface area contributed by atoms with Gasteiger partial charge < -0.3 is 5.32 Å². The number of hydrogen-bond acceptors (Lipinski definition) is 3. The van der Waals surface area contributed by atoms with Crippen LogP contribution in [0.3, 0.4) is 0 Å². The summed E-state index contributed by atoms with van der Waals surface area (Å²) < 4.78 is 0. The van der Waals surface area contributed by atoms with Gasteiger partial charge in [0.2, 0.25) is 0 Å². The number of carbonyl (C=O) groups excluding carboxylic acids is 1. The summed E-state index contributed by atoms with van der Waals surface area (Å²) in [6.45, 7) is 2.53. The molecule has 2 aromatic heterocycles. The maximum atomic E-state index is 12.2. The van der Waals surface area contributed by atoms with Crippen LogP contribution in [0.1, 0.15) is 21.7 Å². The molecule has 0 saturated heterocycles. The van der Waals surface area contributed by atoms with E-state index in [9.17, 15) is 4.79 Å². The van der Waals surface area contributed by atoms with Crippen LogP contribution in [-0.2, 0) is 6.42 Å². The average molecular weight is 280 g/mol. The molecular weight excluding hydrogens is 264 g/mol. The van der Waals surface area contributed by atoms with Gasteiger partial charge in [-0.2, -0.15) is 5.10 Å². The fourth-order valence-corrected chi connectivity index (χ4v) is 2.23. The lowest BCUT2D eigenvalue weighted by molar-refractivity contribution is 0.0950. The van der Waals surface area contributed by atoms with Gasteiger partial charge in [0.1, 0.15) is 0 Å². The third kappa shape index (κ3) is 2.91. The van der Waals surface area contributed by atoms with E-state index in [1.807, 2.05) is 43.3 Å². The first-order valence-electron chi connectivity index (χ1n) is 6.87. The van der Waals surface area contributed by atoms with Crippen molar-refractivity contribution in [2.45, 2.75) is 13.3 Å². The number of benzene rings is 1. The van der Waals surface area contributed by atoms with Crippen molar-refractivity contribution in [1.29, 1.82) is 0 Å². The van der Waals surface area contributed by atoms with E-state index in [1.165, 1.54) is 0 Å². The van der Waals surface area contributed by atoms with Crippen molar-refractivity contribution in [1.82, 2.24) is 20.5 Å². The van der Waals surface area contributed by atoms with Crippen molar-refractivity contribution in [3.8, 4) is 0 Å². The molecule has 21 heavy (non-hydrogen) atoms. The van der Waals surface area contributed by atoms with E-state index in [1.54, 1.807) is 6.20 Å². The van der Waals surface area contributed by atoms with Crippen LogP contribution in [0.15, 0.2) is 42.6 Å². The number of pyridine rings is 1. The zero-order valence-corrected chi connectivity index (χ0v) is 11.8. The van der Waals surface area contributed by atoms with Gasteiger partial charge in [-0.15, -0.1) is 0 Å². The van der Waals surface area contributed by atoms with E-state index in [0.29, 0.717) is 18.7 Å². The highest BCUT2D eigenvalue weighted by atomic mass is 16.1. The van der Waals surface area contributed by atoms with Crippen molar-refractivity contribution >= 4 is 16.8 Å². The number of H-pyrrole nitrogens is 1. The van der Waals surface area contributed by atoms with Gasteiger partial charge in [-0.25, -0.2) is 0 Å². The Bertz CT molecular complexity index is 764. The summed E-state index contributed by atoms with van der Waals surface area (Å²) >= 11 is 0. The second-order valence-corrected chi connectivity index (χ2v) is 4.95. The lowest BCUT2D eigenvalue weighted by Gasteiger charge is -2.03.